The van der Waals surface area contributed by atoms with Gasteiger partial charge in [-0.15, -0.1) is 0 Å². The van der Waals surface area contributed by atoms with Gasteiger partial charge in [-0.25, -0.2) is 4.39 Å². The van der Waals surface area contributed by atoms with Gasteiger partial charge in [0.15, 0.2) is 0 Å². The molecule has 2 rings (SSSR count). The zero-order valence-corrected chi connectivity index (χ0v) is 12.3. The summed E-state index contributed by atoms with van der Waals surface area (Å²) >= 11 is 0. The van der Waals surface area contributed by atoms with Crippen LogP contribution in [0.2, 0.25) is 0 Å². The fourth-order valence-electron chi connectivity index (χ4n) is 1.73. The number of alkyl halides is 1. The van der Waals surface area contributed by atoms with Crippen LogP contribution in [0.4, 0.5) is 15.8 Å². The van der Waals surface area contributed by atoms with Gasteiger partial charge in [0.1, 0.15) is 13.3 Å². The van der Waals surface area contributed by atoms with Crippen molar-refractivity contribution in [3.63, 3.8) is 0 Å². The predicted octanol–water partition coefficient (Wildman–Crippen LogP) is 4.39. The van der Waals surface area contributed by atoms with E-state index in [-0.39, 0.29) is 6.61 Å². The van der Waals surface area contributed by atoms with Crippen LogP contribution < -0.4 is 5.32 Å². The summed E-state index contributed by atoms with van der Waals surface area (Å²) in [6.07, 6.45) is 0. The highest BCUT2D eigenvalue weighted by molar-refractivity contribution is 5.90. The molecule has 0 bridgehead atoms. The zero-order valence-electron chi connectivity index (χ0n) is 12.3. The molecular weight excluding hydrogens is 267 g/mol. The van der Waals surface area contributed by atoms with E-state index in [1.165, 1.54) is 5.56 Å². The standard InChI is InChI=1S/C17H19FN2O/c1-13-3-7-15(8-4-13)19-17(21-12-11-18)20-16-9-5-14(2)6-10-16/h3-10H,11-12H2,1-2H3,(H,19,20). The minimum absolute atomic E-state index is 0.0242. The first kappa shape index (κ1) is 15.0. The Morgan fingerprint density at radius 3 is 2.14 bits per heavy atom. The molecule has 0 fully saturated rings. The number of anilines is 1. The van der Waals surface area contributed by atoms with Crippen LogP contribution in [0.1, 0.15) is 11.1 Å². The number of nitrogens with one attached hydrogen (secondary N) is 1. The third-order valence-corrected chi connectivity index (χ3v) is 2.88. The molecule has 1 N–H and O–H groups in total. The van der Waals surface area contributed by atoms with Crippen molar-refractivity contribution in [2.75, 3.05) is 18.6 Å². The summed E-state index contributed by atoms with van der Waals surface area (Å²) in [6, 6.07) is 15.9. The van der Waals surface area contributed by atoms with Gasteiger partial charge >= 0.3 is 0 Å². The van der Waals surface area contributed by atoms with Crippen molar-refractivity contribution in [1.82, 2.24) is 0 Å². The van der Waals surface area contributed by atoms with E-state index in [1.54, 1.807) is 0 Å². The number of rotatable bonds is 4. The van der Waals surface area contributed by atoms with Crippen molar-refractivity contribution in [3.05, 3.63) is 59.7 Å². The lowest BCUT2D eigenvalue weighted by Gasteiger charge is -2.11. The average Bonchev–Trinajstić information content (AvgIpc) is 2.49. The van der Waals surface area contributed by atoms with E-state index < -0.39 is 6.67 Å². The Morgan fingerprint density at radius 1 is 1.00 bits per heavy atom. The molecule has 0 spiro atoms. The molecule has 0 unspecified atom stereocenters. The number of aliphatic imine (C=N–C) groups is 1. The van der Waals surface area contributed by atoms with E-state index in [1.807, 2.05) is 62.4 Å². The maximum Gasteiger partial charge on any atom is 0.294 e. The second-order valence-corrected chi connectivity index (χ2v) is 4.78. The van der Waals surface area contributed by atoms with Crippen molar-refractivity contribution in [3.8, 4) is 0 Å². The molecule has 0 aliphatic rings. The second kappa shape index (κ2) is 7.43. The lowest BCUT2D eigenvalue weighted by atomic mass is 10.2. The highest BCUT2D eigenvalue weighted by Crippen LogP contribution is 2.15. The largest absolute Gasteiger partial charge is 0.462 e. The quantitative estimate of drug-likeness (QED) is 0.668. The summed E-state index contributed by atoms with van der Waals surface area (Å²) in [5.74, 6) is 0. The molecule has 0 aromatic heterocycles. The van der Waals surface area contributed by atoms with Crippen LogP contribution in [-0.4, -0.2) is 19.3 Å². The van der Waals surface area contributed by atoms with Crippen molar-refractivity contribution < 1.29 is 9.13 Å². The summed E-state index contributed by atoms with van der Waals surface area (Å²) in [5, 5.41) is 3.07. The molecule has 21 heavy (non-hydrogen) atoms. The molecule has 0 aliphatic heterocycles. The maximum atomic E-state index is 12.3. The van der Waals surface area contributed by atoms with Gasteiger partial charge in [-0.3, -0.25) is 0 Å². The number of halogens is 1. The van der Waals surface area contributed by atoms with Gasteiger partial charge in [0.25, 0.3) is 6.02 Å². The van der Waals surface area contributed by atoms with Gasteiger partial charge in [0.2, 0.25) is 0 Å². The predicted molar refractivity (Wildman–Crippen MR) is 85.0 cm³/mol. The summed E-state index contributed by atoms with van der Waals surface area (Å²) in [5.41, 5.74) is 3.94. The van der Waals surface area contributed by atoms with E-state index >= 15 is 0 Å². The molecule has 0 radical (unpaired) electrons. The van der Waals surface area contributed by atoms with Crippen LogP contribution in [-0.2, 0) is 4.74 Å². The number of benzene rings is 2. The van der Waals surface area contributed by atoms with Gasteiger partial charge < -0.3 is 10.1 Å². The molecule has 4 heteroatoms. The summed E-state index contributed by atoms with van der Waals surface area (Å²) in [4.78, 5) is 4.37. The van der Waals surface area contributed by atoms with Gasteiger partial charge in [0, 0.05) is 5.69 Å². The summed E-state index contributed by atoms with van der Waals surface area (Å²) in [6.45, 7) is 3.45. The first-order valence-corrected chi connectivity index (χ1v) is 6.85. The minimum atomic E-state index is -0.553. The molecule has 3 nitrogen and oxygen atoms in total. The van der Waals surface area contributed by atoms with Crippen molar-refractivity contribution in [2.45, 2.75) is 13.8 Å². The van der Waals surface area contributed by atoms with E-state index in [2.05, 4.69) is 10.3 Å². The van der Waals surface area contributed by atoms with Gasteiger partial charge in [-0.1, -0.05) is 35.4 Å². The van der Waals surface area contributed by atoms with Crippen LogP contribution in [0.25, 0.3) is 0 Å². The Labute approximate surface area is 124 Å². The second-order valence-electron chi connectivity index (χ2n) is 4.78. The van der Waals surface area contributed by atoms with Gasteiger partial charge in [-0.2, -0.15) is 4.99 Å². The maximum absolute atomic E-state index is 12.3. The molecule has 0 atom stereocenters. The fourth-order valence-corrected chi connectivity index (χ4v) is 1.73. The van der Waals surface area contributed by atoms with Crippen molar-refractivity contribution >= 4 is 17.4 Å². The molecule has 0 saturated heterocycles. The van der Waals surface area contributed by atoms with Crippen LogP contribution >= 0.6 is 0 Å². The smallest absolute Gasteiger partial charge is 0.294 e. The van der Waals surface area contributed by atoms with Crippen molar-refractivity contribution in [2.24, 2.45) is 4.99 Å². The molecule has 0 heterocycles. The Bertz CT molecular complexity index is 591. The Morgan fingerprint density at radius 2 is 1.57 bits per heavy atom. The number of hydrogen-bond acceptors (Lipinski definition) is 2. The van der Waals surface area contributed by atoms with Crippen molar-refractivity contribution in [1.29, 1.82) is 0 Å². The highest BCUT2D eigenvalue weighted by atomic mass is 19.1. The van der Waals surface area contributed by atoms with Gasteiger partial charge in [0.05, 0.1) is 5.69 Å². The minimum Gasteiger partial charge on any atom is -0.462 e. The molecule has 0 aliphatic carbocycles. The first-order valence-electron chi connectivity index (χ1n) is 6.85. The third-order valence-electron chi connectivity index (χ3n) is 2.88. The Balaban J connectivity index is 2.16. The van der Waals surface area contributed by atoms with E-state index in [0.29, 0.717) is 6.02 Å². The average molecular weight is 286 g/mol. The van der Waals surface area contributed by atoms with E-state index in [0.717, 1.165) is 16.9 Å². The molecular formula is C17H19FN2O. The number of amidine groups is 1. The van der Waals surface area contributed by atoms with Crippen LogP contribution in [0, 0.1) is 13.8 Å². The number of nitrogens with zero attached hydrogens (tertiary/aromatic N) is 1. The lowest BCUT2D eigenvalue weighted by Crippen LogP contribution is -2.17. The van der Waals surface area contributed by atoms with Crippen LogP contribution in [0.3, 0.4) is 0 Å². The monoisotopic (exact) mass is 286 g/mol. The lowest BCUT2D eigenvalue weighted by molar-refractivity contribution is 0.261. The van der Waals surface area contributed by atoms with Crippen LogP contribution in [0.5, 0.6) is 0 Å². The van der Waals surface area contributed by atoms with Gasteiger partial charge in [-0.05, 0) is 38.1 Å². The highest BCUT2D eigenvalue weighted by Gasteiger charge is 2.02. The number of hydrogen-bond donors (Lipinski definition) is 1. The Hall–Kier alpha value is -2.36. The molecule has 2 aromatic carbocycles. The van der Waals surface area contributed by atoms with E-state index in [4.69, 9.17) is 4.74 Å². The fraction of sp³-hybridized carbons (Fsp3) is 0.235. The molecule has 2 aromatic rings. The normalized spacial score (nSPS) is 11.3. The third kappa shape index (κ3) is 4.91. The summed E-state index contributed by atoms with van der Waals surface area (Å²) < 4.78 is 17.7. The zero-order chi connectivity index (χ0) is 15.1. The number of ether oxygens (including phenoxy) is 1. The first-order chi connectivity index (χ1) is 10.2. The molecule has 110 valence electrons. The van der Waals surface area contributed by atoms with Crippen LogP contribution in [0.15, 0.2) is 53.5 Å². The topological polar surface area (TPSA) is 33.6 Å². The molecule has 0 saturated carbocycles. The Kier molecular flexibility index (Phi) is 5.32. The molecule has 0 amide bonds. The SMILES string of the molecule is Cc1ccc(N=C(Nc2ccc(C)cc2)OCCF)cc1. The van der Waals surface area contributed by atoms with E-state index in [9.17, 15) is 4.39 Å². The summed E-state index contributed by atoms with van der Waals surface area (Å²) in [7, 11) is 0. The number of aryl methyl sites for hydroxylation is 2.